The van der Waals surface area contributed by atoms with E-state index in [4.69, 9.17) is 20.5 Å². The second-order valence-electron chi connectivity index (χ2n) is 2.44. The van der Waals surface area contributed by atoms with Crippen molar-refractivity contribution in [3.63, 3.8) is 0 Å². The molecule has 0 fully saturated rings. The third-order valence-corrected chi connectivity index (χ3v) is 1.64. The summed E-state index contributed by atoms with van der Waals surface area (Å²) in [4.78, 5) is 0. The molecule has 1 heterocycles. The van der Waals surface area contributed by atoms with Gasteiger partial charge in [0.25, 0.3) is 0 Å². The molecule has 0 saturated carbocycles. The fourth-order valence-corrected chi connectivity index (χ4v) is 0.997. The molecule has 0 aromatic carbocycles. The van der Waals surface area contributed by atoms with Gasteiger partial charge in [-0.2, -0.15) is 5.26 Å². The molecule has 1 unspecified atom stereocenters. The van der Waals surface area contributed by atoms with E-state index >= 15 is 0 Å². The van der Waals surface area contributed by atoms with E-state index in [1.165, 1.54) is 6.26 Å². The number of hydrogen-bond acceptors (Lipinski definition) is 4. The predicted octanol–water partition coefficient (Wildman–Crippen LogP) is 0.533. The first-order valence-corrected chi connectivity index (χ1v) is 3.63. The molecule has 0 aliphatic rings. The van der Waals surface area contributed by atoms with Crippen LogP contribution in [0.4, 0.5) is 0 Å². The number of aliphatic hydroxyl groups is 1. The lowest BCUT2D eigenvalue weighted by Crippen LogP contribution is -2.12. The first-order chi connectivity index (χ1) is 5.79. The minimum absolute atomic E-state index is 0.0111. The SMILES string of the molecule is N#Cc1occc1C(N)CCO. The van der Waals surface area contributed by atoms with Crippen LogP contribution >= 0.6 is 0 Å². The molecular weight excluding hydrogens is 156 g/mol. The van der Waals surface area contributed by atoms with Gasteiger partial charge in [-0.1, -0.05) is 0 Å². The van der Waals surface area contributed by atoms with Crippen molar-refractivity contribution in [1.29, 1.82) is 5.26 Å². The van der Waals surface area contributed by atoms with Crippen molar-refractivity contribution in [2.45, 2.75) is 12.5 Å². The van der Waals surface area contributed by atoms with Crippen molar-refractivity contribution in [2.75, 3.05) is 6.61 Å². The first-order valence-electron chi connectivity index (χ1n) is 3.63. The lowest BCUT2D eigenvalue weighted by atomic mass is 10.1. The molecular formula is C8H10N2O2. The molecule has 0 amide bonds. The van der Waals surface area contributed by atoms with Crippen molar-refractivity contribution in [1.82, 2.24) is 0 Å². The summed E-state index contributed by atoms with van der Waals surface area (Å²) in [6.07, 6.45) is 1.86. The third-order valence-electron chi connectivity index (χ3n) is 1.64. The van der Waals surface area contributed by atoms with Crippen LogP contribution in [0, 0.1) is 11.3 Å². The highest BCUT2D eigenvalue weighted by atomic mass is 16.3. The van der Waals surface area contributed by atoms with Crippen molar-refractivity contribution in [3.8, 4) is 6.07 Å². The van der Waals surface area contributed by atoms with Gasteiger partial charge in [-0.15, -0.1) is 0 Å². The highest BCUT2D eigenvalue weighted by Crippen LogP contribution is 2.18. The first kappa shape index (κ1) is 8.78. The van der Waals surface area contributed by atoms with Crippen LogP contribution in [0.2, 0.25) is 0 Å². The molecule has 3 N–H and O–H groups in total. The standard InChI is InChI=1S/C8H10N2O2/c9-5-8-6(2-4-12-8)7(10)1-3-11/h2,4,7,11H,1,3,10H2. The zero-order valence-corrected chi connectivity index (χ0v) is 6.53. The van der Waals surface area contributed by atoms with Crippen molar-refractivity contribution >= 4 is 0 Å². The minimum atomic E-state index is -0.316. The maximum atomic E-state index is 8.61. The number of nitriles is 1. The second kappa shape index (κ2) is 3.90. The normalized spacial score (nSPS) is 12.4. The van der Waals surface area contributed by atoms with E-state index in [1.807, 2.05) is 6.07 Å². The third kappa shape index (κ3) is 1.64. The lowest BCUT2D eigenvalue weighted by molar-refractivity contribution is 0.276. The van der Waals surface area contributed by atoms with E-state index in [1.54, 1.807) is 6.07 Å². The predicted molar refractivity (Wildman–Crippen MR) is 42.1 cm³/mol. The largest absolute Gasteiger partial charge is 0.454 e. The van der Waals surface area contributed by atoms with Crippen LogP contribution in [-0.2, 0) is 0 Å². The summed E-state index contributed by atoms with van der Waals surface area (Å²) in [5.41, 5.74) is 6.31. The van der Waals surface area contributed by atoms with Gasteiger partial charge in [0.2, 0.25) is 5.76 Å². The van der Waals surface area contributed by atoms with Gasteiger partial charge in [0.1, 0.15) is 6.07 Å². The molecule has 0 saturated heterocycles. The summed E-state index contributed by atoms with van der Waals surface area (Å²) in [6, 6.07) is 3.22. The highest BCUT2D eigenvalue weighted by molar-refractivity contribution is 5.30. The average molecular weight is 166 g/mol. The summed E-state index contributed by atoms with van der Waals surface area (Å²) >= 11 is 0. The van der Waals surface area contributed by atoms with Crippen LogP contribution in [0.1, 0.15) is 23.8 Å². The molecule has 1 atom stereocenters. The van der Waals surface area contributed by atoms with Gasteiger partial charge in [0, 0.05) is 18.2 Å². The van der Waals surface area contributed by atoms with Gasteiger partial charge < -0.3 is 15.3 Å². The van der Waals surface area contributed by atoms with Gasteiger partial charge >= 0.3 is 0 Å². The monoisotopic (exact) mass is 166 g/mol. The molecule has 4 heteroatoms. The molecule has 0 aliphatic heterocycles. The van der Waals surface area contributed by atoms with Gasteiger partial charge in [0.05, 0.1) is 6.26 Å². The minimum Gasteiger partial charge on any atom is -0.454 e. The second-order valence-corrected chi connectivity index (χ2v) is 2.44. The number of hydrogen-bond donors (Lipinski definition) is 2. The summed E-state index contributed by atoms with van der Waals surface area (Å²) in [6.45, 7) is 0.0111. The summed E-state index contributed by atoms with van der Waals surface area (Å²) < 4.78 is 4.86. The van der Waals surface area contributed by atoms with Crippen molar-refractivity contribution in [3.05, 3.63) is 23.7 Å². The van der Waals surface area contributed by atoms with Crippen molar-refractivity contribution in [2.24, 2.45) is 5.73 Å². The molecule has 0 aliphatic carbocycles. The van der Waals surface area contributed by atoms with Crippen LogP contribution in [0.3, 0.4) is 0 Å². The quantitative estimate of drug-likeness (QED) is 0.686. The molecule has 4 nitrogen and oxygen atoms in total. The van der Waals surface area contributed by atoms with E-state index in [0.29, 0.717) is 12.0 Å². The Labute approximate surface area is 70.2 Å². The van der Waals surface area contributed by atoms with Gasteiger partial charge in [-0.25, -0.2) is 0 Å². The Kier molecular flexibility index (Phi) is 2.86. The fourth-order valence-electron chi connectivity index (χ4n) is 0.997. The number of nitrogens with two attached hydrogens (primary N) is 1. The molecule has 64 valence electrons. The summed E-state index contributed by atoms with van der Waals surface area (Å²) in [5, 5.41) is 17.2. The molecule has 1 aromatic heterocycles. The number of nitrogens with zero attached hydrogens (tertiary/aromatic N) is 1. The highest BCUT2D eigenvalue weighted by Gasteiger charge is 2.12. The van der Waals surface area contributed by atoms with Crippen LogP contribution in [-0.4, -0.2) is 11.7 Å². The number of furan rings is 1. The van der Waals surface area contributed by atoms with Gasteiger partial charge in [-0.3, -0.25) is 0 Å². The molecule has 1 rings (SSSR count). The fraction of sp³-hybridized carbons (Fsp3) is 0.375. The smallest absolute Gasteiger partial charge is 0.207 e. The zero-order valence-electron chi connectivity index (χ0n) is 6.53. The Balaban J connectivity index is 2.80. The Hall–Kier alpha value is -1.31. The van der Waals surface area contributed by atoms with Crippen LogP contribution < -0.4 is 5.73 Å². The molecule has 0 radical (unpaired) electrons. The Morgan fingerprint density at radius 3 is 3.08 bits per heavy atom. The number of rotatable bonds is 3. The van der Waals surface area contributed by atoms with E-state index < -0.39 is 0 Å². The van der Waals surface area contributed by atoms with Gasteiger partial charge in [0.15, 0.2) is 0 Å². The topological polar surface area (TPSA) is 83.2 Å². The van der Waals surface area contributed by atoms with Crippen LogP contribution in [0.25, 0.3) is 0 Å². The molecule has 1 aromatic rings. The molecule has 0 spiro atoms. The summed E-state index contributed by atoms with van der Waals surface area (Å²) in [7, 11) is 0. The van der Waals surface area contributed by atoms with Gasteiger partial charge in [-0.05, 0) is 12.5 Å². The Morgan fingerprint density at radius 2 is 2.50 bits per heavy atom. The Bertz CT molecular complexity index is 287. The summed E-state index contributed by atoms with van der Waals surface area (Å²) in [5.74, 6) is 0.232. The van der Waals surface area contributed by atoms with Crippen molar-refractivity contribution < 1.29 is 9.52 Å². The molecule has 12 heavy (non-hydrogen) atoms. The van der Waals surface area contributed by atoms with E-state index in [9.17, 15) is 0 Å². The maximum absolute atomic E-state index is 8.61. The van der Waals surface area contributed by atoms with Crippen LogP contribution in [0.5, 0.6) is 0 Å². The number of aliphatic hydroxyl groups excluding tert-OH is 1. The van der Waals surface area contributed by atoms with E-state index in [2.05, 4.69) is 0 Å². The average Bonchev–Trinajstić information content (AvgIpc) is 2.51. The molecule has 0 bridgehead atoms. The van der Waals surface area contributed by atoms with Crippen LogP contribution in [0.15, 0.2) is 16.7 Å². The van der Waals surface area contributed by atoms with E-state index in [0.717, 1.165) is 0 Å². The zero-order chi connectivity index (χ0) is 8.97. The lowest BCUT2D eigenvalue weighted by Gasteiger charge is -2.06. The Morgan fingerprint density at radius 1 is 1.75 bits per heavy atom. The van der Waals surface area contributed by atoms with E-state index in [-0.39, 0.29) is 18.4 Å². The maximum Gasteiger partial charge on any atom is 0.207 e.